The molecule has 4 heteroatoms. The van der Waals surface area contributed by atoms with Crippen LogP contribution in [0.15, 0.2) is 54.6 Å². The largest absolute Gasteiger partial charge is 0.490 e. The molecule has 0 radical (unpaired) electrons. The van der Waals surface area contributed by atoms with Crippen LogP contribution in [0.1, 0.15) is 11.3 Å². The fourth-order valence-corrected chi connectivity index (χ4v) is 2.30. The quantitative estimate of drug-likeness (QED) is 0.671. The number of aromatic nitrogens is 1. The van der Waals surface area contributed by atoms with Crippen LogP contribution in [0, 0.1) is 18.3 Å². The van der Waals surface area contributed by atoms with Gasteiger partial charge in [0, 0.05) is 11.1 Å². The second-order valence-electron chi connectivity index (χ2n) is 5.12. The first-order valence-electron chi connectivity index (χ1n) is 7.38. The molecule has 0 atom stereocenters. The monoisotopic (exact) mass is 304 g/mol. The summed E-state index contributed by atoms with van der Waals surface area (Å²) in [4.78, 5) is 4.53. The maximum Gasteiger partial charge on any atom is 0.145 e. The zero-order chi connectivity index (χ0) is 16.1. The highest BCUT2D eigenvalue weighted by atomic mass is 16.5. The van der Waals surface area contributed by atoms with E-state index in [2.05, 4.69) is 11.1 Å². The minimum Gasteiger partial charge on any atom is -0.490 e. The van der Waals surface area contributed by atoms with E-state index in [-0.39, 0.29) is 0 Å². The average molecular weight is 304 g/mol. The van der Waals surface area contributed by atoms with Crippen molar-refractivity contribution in [2.45, 2.75) is 6.92 Å². The first-order valence-corrected chi connectivity index (χ1v) is 7.38. The number of nitriles is 1. The summed E-state index contributed by atoms with van der Waals surface area (Å²) in [5.74, 6) is 1.42. The summed E-state index contributed by atoms with van der Waals surface area (Å²) < 4.78 is 11.4. The van der Waals surface area contributed by atoms with Gasteiger partial charge in [0.25, 0.3) is 0 Å². The second-order valence-corrected chi connectivity index (χ2v) is 5.12. The average Bonchev–Trinajstić information content (AvgIpc) is 2.59. The molecule has 0 aliphatic carbocycles. The van der Waals surface area contributed by atoms with E-state index >= 15 is 0 Å². The number of nitrogens with zero attached hydrogens (tertiary/aromatic N) is 2. The molecule has 0 aliphatic heterocycles. The van der Waals surface area contributed by atoms with Crippen LogP contribution in [0.3, 0.4) is 0 Å². The molecule has 4 nitrogen and oxygen atoms in total. The number of benzene rings is 2. The van der Waals surface area contributed by atoms with Crippen LogP contribution in [0.4, 0.5) is 0 Å². The Morgan fingerprint density at radius 2 is 1.83 bits per heavy atom. The number of hydrogen-bond donors (Lipinski definition) is 0. The van der Waals surface area contributed by atoms with Gasteiger partial charge < -0.3 is 9.47 Å². The molecule has 114 valence electrons. The number of para-hydroxylation sites is 1. The number of rotatable bonds is 5. The third-order valence-electron chi connectivity index (χ3n) is 3.40. The molecule has 2 aromatic carbocycles. The standard InChI is InChI=1S/C19H16N2O2/c1-14-8-9-16-5-3-7-18(19(16)21-14)23-11-10-22-17-6-2-4-15(12-17)13-20/h2-9,12H,10-11H2,1H3. The Labute approximate surface area is 134 Å². The van der Waals surface area contributed by atoms with Gasteiger partial charge in [0.05, 0.1) is 11.6 Å². The fraction of sp³-hybridized carbons (Fsp3) is 0.158. The Hall–Kier alpha value is -3.06. The third kappa shape index (κ3) is 3.58. The SMILES string of the molecule is Cc1ccc2cccc(OCCOc3cccc(C#N)c3)c2n1. The van der Waals surface area contributed by atoms with Gasteiger partial charge in [0.15, 0.2) is 0 Å². The van der Waals surface area contributed by atoms with Gasteiger partial charge in [-0.1, -0.05) is 24.3 Å². The molecule has 0 spiro atoms. The van der Waals surface area contributed by atoms with Crippen LogP contribution in [0.5, 0.6) is 11.5 Å². The van der Waals surface area contributed by atoms with Gasteiger partial charge in [0.1, 0.15) is 30.2 Å². The lowest BCUT2D eigenvalue weighted by Gasteiger charge is -2.10. The molecule has 3 rings (SSSR count). The van der Waals surface area contributed by atoms with Crippen molar-refractivity contribution < 1.29 is 9.47 Å². The van der Waals surface area contributed by atoms with Crippen LogP contribution in [-0.4, -0.2) is 18.2 Å². The predicted octanol–water partition coefficient (Wildman–Crippen LogP) is 3.87. The van der Waals surface area contributed by atoms with Crippen molar-refractivity contribution in [2.24, 2.45) is 0 Å². The van der Waals surface area contributed by atoms with Crippen LogP contribution < -0.4 is 9.47 Å². The van der Waals surface area contributed by atoms with E-state index in [4.69, 9.17) is 14.7 Å². The zero-order valence-electron chi connectivity index (χ0n) is 12.8. The molecule has 0 N–H and O–H groups in total. The van der Waals surface area contributed by atoms with E-state index in [0.717, 1.165) is 22.3 Å². The molecule has 0 saturated carbocycles. The maximum atomic E-state index is 8.87. The molecule has 23 heavy (non-hydrogen) atoms. The van der Waals surface area contributed by atoms with Crippen LogP contribution in [0.25, 0.3) is 10.9 Å². The molecule has 0 unspecified atom stereocenters. The Balaban J connectivity index is 1.63. The van der Waals surface area contributed by atoms with Crippen molar-refractivity contribution in [3.8, 4) is 17.6 Å². The number of fused-ring (bicyclic) bond motifs is 1. The highest BCUT2D eigenvalue weighted by Gasteiger charge is 2.04. The highest BCUT2D eigenvalue weighted by molar-refractivity contribution is 5.84. The molecule has 0 aliphatic rings. The van der Waals surface area contributed by atoms with Gasteiger partial charge in [-0.2, -0.15) is 5.26 Å². The molecular formula is C19H16N2O2. The molecule has 0 amide bonds. The minimum atomic E-state index is 0.400. The van der Waals surface area contributed by atoms with Crippen LogP contribution >= 0.6 is 0 Å². The first kappa shape index (κ1) is 14.9. The Morgan fingerprint density at radius 1 is 1.00 bits per heavy atom. The minimum absolute atomic E-state index is 0.400. The predicted molar refractivity (Wildman–Crippen MR) is 88.6 cm³/mol. The van der Waals surface area contributed by atoms with Gasteiger partial charge in [0.2, 0.25) is 0 Å². The number of hydrogen-bond acceptors (Lipinski definition) is 4. The van der Waals surface area contributed by atoms with Gasteiger partial charge >= 0.3 is 0 Å². The lowest BCUT2D eigenvalue weighted by Crippen LogP contribution is -2.09. The third-order valence-corrected chi connectivity index (χ3v) is 3.40. The zero-order valence-corrected chi connectivity index (χ0v) is 12.8. The molecular weight excluding hydrogens is 288 g/mol. The van der Waals surface area contributed by atoms with Crippen molar-refractivity contribution >= 4 is 10.9 Å². The van der Waals surface area contributed by atoms with Gasteiger partial charge in [-0.15, -0.1) is 0 Å². The van der Waals surface area contributed by atoms with Crippen molar-refractivity contribution in [1.29, 1.82) is 5.26 Å². The summed E-state index contributed by atoms with van der Waals surface area (Å²) in [5.41, 5.74) is 2.40. The summed E-state index contributed by atoms with van der Waals surface area (Å²) in [6.07, 6.45) is 0. The van der Waals surface area contributed by atoms with Crippen molar-refractivity contribution in [3.63, 3.8) is 0 Å². The van der Waals surface area contributed by atoms with E-state index in [9.17, 15) is 0 Å². The first-order chi connectivity index (χ1) is 11.3. The number of pyridine rings is 1. The summed E-state index contributed by atoms with van der Waals surface area (Å²) in [6.45, 7) is 2.77. The van der Waals surface area contributed by atoms with E-state index in [1.807, 2.05) is 43.3 Å². The van der Waals surface area contributed by atoms with Crippen LogP contribution in [0.2, 0.25) is 0 Å². The molecule has 0 fully saturated rings. The number of aryl methyl sites for hydroxylation is 1. The van der Waals surface area contributed by atoms with Gasteiger partial charge in [-0.05, 0) is 37.3 Å². The second kappa shape index (κ2) is 6.80. The fourth-order valence-electron chi connectivity index (χ4n) is 2.30. The summed E-state index contributed by atoms with van der Waals surface area (Å²) in [6, 6.07) is 19.1. The van der Waals surface area contributed by atoms with E-state index < -0.39 is 0 Å². The summed E-state index contributed by atoms with van der Waals surface area (Å²) >= 11 is 0. The molecule has 0 saturated heterocycles. The van der Waals surface area contributed by atoms with E-state index in [1.165, 1.54) is 0 Å². The van der Waals surface area contributed by atoms with Gasteiger partial charge in [-0.3, -0.25) is 0 Å². The van der Waals surface area contributed by atoms with E-state index in [0.29, 0.717) is 24.5 Å². The lowest BCUT2D eigenvalue weighted by atomic mass is 10.2. The van der Waals surface area contributed by atoms with Gasteiger partial charge in [-0.25, -0.2) is 4.98 Å². The molecule has 1 heterocycles. The topological polar surface area (TPSA) is 55.1 Å². The molecule has 1 aromatic heterocycles. The maximum absolute atomic E-state index is 8.87. The Bertz CT molecular complexity index is 869. The summed E-state index contributed by atoms with van der Waals surface area (Å²) in [5, 5.41) is 9.92. The molecule has 0 bridgehead atoms. The van der Waals surface area contributed by atoms with Crippen molar-refractivity contribution in [1.82, 2.24) is 4.98 Å². The van der Waals surface area contributed by atoms with Crippen LogP contribution in [-0.2, 0) is 0 Å². The Morgan fingerprint density at radius 3 is 2.70 bits per heavy atom. The molecule has 3 aromatic rings. The summed E-state index contributed by atoms with van der Waals surface area (Å²) in [7, 11) is 0. The Kier molecular flexibility index (Phi) is 4.39. The lowest BCUT2D eigenvalue weighted by molar-refractivity contribution is 0.218. The number of ether oxygens (including phenoxy) is 2. The normalized spacial score (nSPS) is 10.3. The van der Waals surface area contributed by atoms with Crippen molar-refractivity contribution in [3.05, 3.63) is 65.9 Å². The van der Waals surface area contributed by atoms with E-state index in [1.54, 1.807) is 18.2 Å². The van der Waals surface area contributed by atoms with Crippen molar-refractivity contribution in [2.75, 3.05) is 13.2 Å². The highest BCUT2D eigenvalue weighted by Crippen LogP contribution is 2.23. The smallest absolute Gasteiger partial charge is 0.145 e.